The molecule has 0 bridgehead atoms. The molecule has 6 nitrogen and oxygen atoms in total. The second-order valence-electron chi connectivity index (χ2n) is 6.09. The summed E-state index contributed by atoms with van der Waals surface area (Å²) >= 11 is 0. The van der Waals surface area contributed by atoms with Gasteiger partial charge >= 0.3 is 0 Å². The first-order valence-electron chi connectivity index (χ1n) is 7.06. The van der Waals surface area contributed by atoms with Crippen LogP contribution in [0.5, 0.6) is 5.75 Å². The van der Waals surface area contributed by atoms with Gasteiger partial charge in [0.25, 0.3) is 0 Å². The van der Waals surface area contributed by atoms with Gasteiger partial charge in [-0.15, -0.1) is 0 Å². The fraction of sp³-hybridized carbons (Fsp3) is 0.312. The Balaban J connectivity index is 2.40. The third kappa shape index (κ3) is 2.16. The van der Waals surface area contributed by atoms with Crippen molar-refractivity contribution in [2.75, 3.05) is 12.8 Å². The number of aromatic nitrogens is 4. The number of nitrogens with zero attached hydrogens (tertiary/aromatic N) is 4. The van der Waals surface area contributed by atoms with Gasteiger partial charge in [0.05, 0.1) is 18.0 Å². The fourth-order valence-corrected chi connectivity index (χ4v) is 2.47. The Labute approximate surface area is 128 Å². The maximum atomic E-state index is 6.10. The molecule has 0 unspecified atom stereocenters. The average molecular weight is 297 g/mol. The Morgan fingerprint density at radius 1 is 1.14 bits per heavy atom. The lowest BCUT2D eigenvalue weighted by Gasteiger charge is -2.19. The molecule has 0 spiro atoms. The fourth-order valence-electron chi connectivity index (χ4n) is 2.47. The summed E-state index contributed by atoms with van der Waals surface area (Å²) in [7, 11) is 1.64. The van der Waals surface area contributed by atoms with Crippen LogP contribution in [0.15, 0.2) is 30.6 Å². The van der Waals surface area contributed by atoms with Crippen molar-refractivity contribution in [3.05, 3.63) is 30.6 Å². The number of rotatable bonds is 2. The topological polar surface area (TPSA) is 78.8 Å². The van der Waals surface area contributed by atoms with E-state index in [0.29, 0.717) is 5.82 Å². The number of hydrogen-bond donors (Lipinski definition) is 1. The van der Waals surface area contributed by atoms with E-state index < -0.39 is 0 Å². The molecule has 0 fully saturated rings. The highest BCUT2D eigenvalue weighted by Crippen LogP contribution is 2.36. The second-order valence-corrected chi connectivity index (χ2v) is 6.09. The lowest BCUT2D eigenvalue weighted by molar-refractivity contribution is 0.366. The SMILES string of the molecule is COc1ccccc1-c1nn(C(C)(C)C)c2ncnc(N)c12. The molecular weight excluding hydrogens is 278 g/mol. The number of fused-ring (bicyclic) bond motifs is 1. The predicted octanol–water partition coefficient (Wildman–Crippen LogP) is 2.84. The smallest absolute Gasteiger partial charge is 0.164 e. The molecule has 0 amide bonds. The molecule has 0 aliphatic rings. The van der Waals surface area contributed by atoms with Crippen molar-refractivity contribution in [1.82, 2.24) is 19.7 Å². The minimum absolute atomic E-state index is 0.223. The van der Waals surface area contributed by atoms with E-state index in [2.05, 4.69) is 30.7 Å². The lowest BCUT2D eigenvalue weighted by Crippen LogP contribution is -2.23. The molecule has 0 atom stereocenters. The lowest BCUT2D eigenvalue weighted by atomic mass is 10.1. The summed E-state index contributed by atoms with van der Waals surface area (Å²) in [4.78, 5) is 8.50. The maximum Gasteiger partial charge on any atom is 0.164 e. The second kappa shape index (κ2) is 4.98. The van der Waals surface area contributed by atoms with E-state index in [1.807, 2.05) is 28.9 Å². The molecule has 2 heterocycles. The van der Waals surface area contributed by atoms with Gasteiger partial charge in [-0.1, -0.05) is 12.1 Å². The van der Waals surface area contributed by atoms with Gasteiger partial charge in [0.15, 0.2) is 5.65 Å². The molecule has 2 N–H and O–H groups in total. The monoisotopic (exact) mass is 297 g/mol. The van der Waals surface area contributed by atoms with E-state index >= 15 is 0 Å². The third-order valence-corrected chi connectivity index (χ3v) is 3.49. The van der Waals surface area contributed by atoms with Gasteiger partial charge in [-0.25, -0.2) is 14.6 Å². The van der Waals surface area contributed by atoms with Gasteiger partial charge in [-0.3, -0.25) is 0 Å². The third-order valence-electron chi connectivity index (χ3n) is 3.49. The summed E-state index contributed by atoms with van der Waals surface area (Å²) in [5.41, 5.74) is 8.21. The van der Waals surface area contributed by atoms with Crippen LogP contribution in [0.1, 0.15) is 20.8 Å². The minimum atomic E-state index is -0.223. The van der Waals surface area contributed by atoms with Crippen molar-refractivity contribution in [2.24, 2.45) is 0 Å². The average Bonchev–Trinajstić information content (AvgIpc) is 2.88. The molecule has 22 heavy (non-hydrogen) atoms. The number of anilines is 1. The normalized spacial score (nSPS) is 11.8. The van der Waals surface area contributed by atoms with E-state index in [1.54, 1.807) is 7.11 Å². The Morgan fingerprint density at radius 3 is 2.55 bits per heavy atom. The Morgan fingerprint density at radius 2 is 1.86 bits per heavy atom. The molecule has 0 saturated heterocycles. The van der Waals surface area contributed by atoms with Crippen molar-refractivity contribution in [3.63, 3.8) is 0 Å². The summed E-state index contributed by atoms with van der Waals surface area (Å²) in [5.74, 6) is 1.16. The van der Waals surface area contributed by atoms with Crippen LogP contribution in [0.4, 0.5) is 5.82 Å². The zero-order valence-corrected chi connectivity index (χ0v) is 13.2. The first-order chi connectivity index (χ1) is 10.4. The molecule has 0 saturated carbocycles. The number of para-hydroxylation sites is 1. The van der Waals surface area contributed by atoms with Crippen LogP contribution >= 0.6 is 0 Å². The molecule has 6 heteroatoms. The quantitative estimate of drug-likeness (QED) is 0.787. The number of benzene rings is 1. The predicted molar refractivity (Wildman–Crippen MR) is 86.7 cm³/mol. The highest BCUT2D eigenvalue weighted by molar-refractivity contribution is 5.99. The summed E-state index contributed by atoms with van der Waals surface area (Å²) in [6.07, 6.45) is 1.47. The molecule has 0 aliphatic heterocycles. The molecule has 0 aliphatic carbocycles. The van der Waals surface area contributed by atoms with Crippen molar-refractivity contribution in [1.29, 1.82) is 0 Å². The van der Waals surface area contributed by atoms with Gasteiger partial charge in [0, 0.05) is 5.56 Å². The van der Waals surface area contributed by atoms with E-state index in [1.165, 1.54) is 6.33 Å². The van der Waals surface area contributed by atoms with Gasteiger partial charge in [-0.2, -0.15) is 5.10 Å². The van der Waals surface area contributed by atoms with Crippen molar-refractivity contribution in [2.45, 2.75) is 26.3 Å². The molecule has 1 aromatic carbocycles. The van der Waals surface area contributed by atoms with Crippen molar-refractivity contribution >= 4 is 16.9 Å². The van der Waals surface area contributed by atoms with Crippen LogP contribution in [0.3, 0.4) is 0 Å². The zero-order chi connectivity index (χ0) is 15.9. The van der Waals surface area contributed by atoms with Gasteiger partial charge in [0.1, 0.15) is 23.6 Å². The van der Waals surface area contributed by atoms with E-state index in [4.69, 9.17) is 15.6 Å². The van der Waals surface area contributed by atoms with Crippen LogP contribution in [0.2, 0.25) is 0 Å². The largest absolute Gasteiger partial charge is 0.496 e. The van der Waals surface area contributed by atoms with Crippen LogP contribution in [-0.4, -0.2) is 26.9 Å². The van der Waals surface area contributed by atoms with Crippen molar-refractivity contribution < 1.29 is 4.74 Å². The van der Waals surface area contributed by atoms with Gasteiger partial charge < -0.3 is 10.5 Å². The van der Waals surface area contributed by atoms with E-state index in [0.717, 1.165) is 28.0 Å². The number of nitrogens with two attached hydrogens (primary N) is 1. The van der Waals surface area contributed by atoms with E-state index in [9.17, 15) is 0 Å². The Hall–Kier alpha value is -2.63. The number of ether oxygens (including phenoxy) is 1. The molecule has 3 aromatic rings. The summed E-state index contributed by atoms with van der Waals surface area (Å²) in [6.45, 7) is 6.22. The number of hydrogen-bond acceptors (Lipinski definition) is 5. The highest BCUT2D eigenvalue weighted by atomic mass is 16.5. The Kier molecular flexibility index (Phi) is 3.24. The number of methoxy groups -OCH3 is 1. The van der Waals surface area contributed by atoms with Crippen LogP contribution in [-0.2, 0) is 5.54 Å². The Bertz CT molecular complexity index is 832. The molecule has 2 aromatic heterocycles. The van der Waals surface area contributed by atoms with Gasteiger partial charge in [-0.05, 0) is 32.9 Å². The molecule has 114 valence electrons. The number of nitrogen functional groups attached to an aromatic ring is 1. The van der Waals surface area contributed by atoms with Crippen LogP contribution in [0.25, 0.3) is 22.3 Å². The summed E-state index contributed by atoms with van der Waals surface area (Å²) in [5, 5.41) is 5.51. The summed E-state index contributed by atoms with van der Waals surface area (Å²) in [6, 6.07) is 7.72. The van der Waals surface area contributed by atoms with Crippen LogP contribution in [0, 0.1) is 0 Å². The minimum Gasteiger partial charge on any atom is -0.496 e. The first kappa shape index (κ1) is 14.3. The zero-order valence-electron chi connectivity index (χ0n) is 13.2. The maximum absolute atomic E-state index is 6.10. The molecule has 0 radical (unpaired) electrons. The first-order valence-corrected chi connectivity index (χ1v) is 7.06. The standard InChI is InChI=1S/C16H19N5O/c1-16(2,3)21-15-12(14(17)18-9-19-15)13(20-21)10-7-5-6-8-11(10)22-4/h5-9H,1-4H3,(H2,17,18,19). The van der Waals surface area contributed by atoms with Crippen LogP contribution < -0.4 is 10.5 Å². The molecule has 3 rings (SSSR count). The summed E-state index contributed by atoms with van der Waals surface area (Å²) < 4.78 is 7.33. The van der Waals surface area contributed by atoms with E-state index in [-0.39, 0.29) is 5.54 Å². The van der Waals surface area contributed by atoms with Crippen molar-refractivity contribution in [3.8, 4) is 17.0 Å². The van der Waals surface area contributed by atoms with Gasteiger partial charge in [0.2, 0.25) is 0 Å². The molecular formula is C16H19N5O. The highest BCUT2D eigenvalue weighted by Gasteiger charge is 2.24.